The molecule has 0 aliphatic carbocycles. The molecule has 1 aromatic carbocycles. The van der Waals surface area contributed by atoms with E-state index in [2.05, 4.69) is 6.58 Å². The molecule has 0 aliphatic heterocycles. The van der Waals surface area contributed by atoms with Crippen LogP contribution >= 0.6 is 23.2 Å². The molecule has 0 saturated carbocycles. The summed E-state index contributed by atoms with van der Waals surface area (Å²) in [5.74, 6) is 0.423. The van der Waals surface area contributed by atoms with Gasteiger partial charge < -0.3 is 9.84 Å². The van der Waals surface area contributed by atoms with Crippen LogP contribution in [0.3, 0.4) is 0 Å². The molecule has 0 atom stereocenters. The normalized spacial score (nSPS) is 9.69. The second-order valence-corrected chi connectivity index (χ2v) is 3.27. The Kier molecular flexibility index (Phi) is 3.46. The third-order valence-electron chi connectivity index (χ3n) is 1.29. The summed E-state index contributed by atoms with van der Waals surface area (Å²) >= 11 is 11.5. The topological polar surface area (TPSA) is 29.5 Å². The largest absolute Gasteiger partial charge is 0.509 e. The summed E-state index contributed by atoms with van der Waals surface area (Å²) < 4.78 is 5.11. The van der Waals surface area contributed by atoms with Crippen LogP contribution in [0.25, 0.3) is 0 Å². The lowest BCUT2D eigenvalue weighted by molar-refractivity contribution is 0.272. The van der Waals surface area contributed by atoms with E-state index < -0.39 is 0 Å². The summed E-state index contributed by atoms with van der Waals surface area (Å²) in [6.45, 7) is 3.31. The highest BCUT2D eigenvalue weighted by atomic mass is 35.5. The average molecular weight is 219 g/mol. The maximum absolute atomic E-state index is 8.77. The third kappa shape index (κ3) is 3.17. The number of aliphatic hydroxyl groups excluding tert-OH is 1. The first-order chi connectivity index (χ1) is 6.09. The van der Waals surface area contributed by atoms with Crippen LogP contribution in [-0.4, -0.2) is 11.7 Å². The van der Waals surface area contributed by atoms with Gasteiger partial charge in [-0.25, -0.2) is 0 Å². The summed E-state index contributed by atoms with van der Waals surface area (Å²) in [4.78, 5) is 0. The maximum Gasteiger partial charge on any atom is 0.144 e. The summed E-state index contributed by atoms with van der Waals surface area (Å²) in [6.07, 6.45) is 0. The molecule has 0 radical (unpaired) electrons. The fourth-order valence-electron chi connectivity index (χ4n) is 0.753. The van der Waals surface area contributed by atoms with Crippen molar-refractivity contribution in [2.75, 3.05) is 6.61 Å². The van der Waals surface area contributed by atoms with Crippen LogP contribution in [0.15, 0.2) is 30.5 Å². The van der Waals surface area contributed by atoms with E-state index in [1.807, 2.05) is 0 Å². The van der Waals surface area contributed by atoms with Crippen molar-refractivity contribution in [2.24, 2.45) is 0 Å². The summed E-state index contributed by atoms with van der Waals surface area (Å²) in [5, 5.41) is 9.72. The summed E-state index contributed by atoms with van der Waals surface area (Å²) in [6, 6.07) is 4.86. The monoisotopic (exact) mass is 218 g/mol. The predicted molar refractivity (Wildman–Crippen MR) is 53.7 cm³/mol. The van der Waals surface area contributed by atoms with E-state index in [0.29, 0.717) is 15.8 Å². The Bertz CT molecular complexity index is 323. The zero-order valence-corrected chi connectivity index (χ0v) is 8.27. The van der Waals surface area contributed by atoms with Gasteiger partial charge in [0.1, 0.15) is 18.1 Å². The zero-order valence-electron chi connectivity index (χ0n) is 6.76. The smallest absolute Gasteiger partial charge is 0.144 e. The fraction of sp³-hybridized carbons (Fsp3) is 0.111. The SMILES string of the molecule is C=C(O)COc1ccc(Cl)cc1Cl. The van der Waals surface area contributed by atoms with Crippen molar-refractivity contribution in [3.63, 3.8) is 0 Å². The van der Waals surface area contributed by atoms with Gasteiger partial charge in [-0.05, 0) is 18.2 Å². The number of aliphatic hydroxyl groups is 1. The van der Waals surface area contributed by atoms with E-state index in [9.17, 15) is 0 Å². The lowest BCUT2D eigenvalue weighted by Gasteiger charge is -2.06. The van der Waals surface area contributed by atoms with Crippen molar-refractivity contribution in [3.8, 4) is 5.75 Å². The second kappa shape index (κ2) is 4.40. The Labute approximate surface area is 86.4 Å². The van der Waals surface area contributed by atoms with Crippen molar-refractivity contribution in [1.29, 1.82) is 0 Å². The number of benzene rings is 1. The van der Waals surface area contributed by atoms with Gasteiger partial charge in [-0.2, -0.15) is 0 Å². The minimum Gasteiger partial charge on any atom is -0.509 e. The quantitative estimate of drug-likeness (QED) is 0.789. The van der Waals surface area contributed by atoms with Crippen molar-refractivity contribution >= 4 is 23.2 Å². The molecule has 70 valence electrons. The van der Waals surface area contributed by atoms with Crippen LogP contribution in [0.5, 0.6) is 5.75 Å². The van der Waals surface area contributed by atoms with Gasteiger partial charge >= 0.3 is 0 Å². The molecule has 2 nitrogen and oxygen atoms in total. The highest BCUT2D eigenvalue weighted by Crippen LogP contribution is 2.27. The van der Waals surface area contributed by atoms with E-state index in [1.165, 1.54) is 0 Å². The first-order valence-electron chi connectivity index (χ1n) is 3.54. The number of hydrogen-bond donors (Lipinski definition) is 1. The van der Waals surface area contributed by atoms with Gasteiger partial charge in [0.2, 0.25) is 0 Å². The van der Waals surface area contributed by atoms with Crippen molar-refractivity contribution < 1.29 is 9.84 Å². The van der Waals surface area contributed by atoms with Crippen LogP contribution < -0.4 is 4.74 Å². The number of ether oxygens (including phenoxy) is 1. The first-order valence-corrected chi connectivity index (χ1v) is 4.30. The molecule has 0 aromatic heterocycles. The molecule has 0 aliphatic rings. The Morgan fingerprint density at radius 2 is 2.15 bits per heavy atom. The number of rotatable bonds is 3. The molecule has 1 N–H and O–H groups in total. The van der Waals surface area contributed by atoms with Gasteiger partial charge in [-0.15, -0.1) is 0 Å². The van der Waals surface area contributed by atoms with E-state index >= 15 is 0 Å². The number of halogens is 2. The molecule has 4 heteroatoms. The lowest BCUT2D eigenvalue weighted by atomic mass is 10.3. The highest BCUT2D eigenvalue weighted by Gasteiger charge is 2.02. The van der Waals surface area contributed by atoms with E-state index in [1.54, 1.807) is 18.2 Å². The minimum absolute atomic E-state index is 0.0291. The van der Waals surface area contributed by atoms with Gasteiger partial charge in [0.15, 0.2) is 0 Å². The Balaban J connectivity index is 2.72. The van der Waals surface area contributed by atoms with Crippen LogP contribution in [0, 0.1) is 0 Å². The standard InChI is InChI=1S/C9H8Cl2O2/c1-6(12)5-13-9-3-2-7(10)4-8(9)11/h2-4,12H,1,5H2. The van der Waals surface area contributed by atoms with Crippen molar-refractivity contribution in [2.45, 2.75) is 0 Å². The van der Waals surface area contributed by atoms with Gasteiger partial charge in [-0.1, -0.05) is 29.8 Å². The molecule has 13 heavy (non-hydrogen) atoms. The fourth-order valence-corrected chi connectivity index (χ4v) is 1.22. The minimum atomic E-state index is -0.0500. The van der Waals surface area contributed by atoms with E-state index in [0.717, 1.165) is 0 Å². The van der Waals surface area contributed by atoms with Gasteiger partial charge in [0, 0.05) is 5.02 Å². The molecule has 0 unspecified atom stereocenters. The molecule has 1 aromatic rings. The molecule has 0 saturated heterocycles. The molecule has 0 fully saturated rings. The molecule has 1 rings (SSSR count). The molecule has 0 heterocycles. The van der Waals surface area contributed by atoms with Crippen molar-refractivity contribution in [1.82, 2.24) is 0 Å². The van der Waals surface area contributed by atoms with Crippen LogP contribution in [0.4, 0.5) is 0 Å². The van der Waals surface area contributed by atoms with Gasteiger partial charge in [0.25, 0.3) is 0 Å². The van der Waals surface area contributed by atoms with Gasteiger partial charge in [0.05, 0.1) is 5.02 Å². The lowest BCUT2D eigenvalue weighted by Crippen LogP contribution is -1.99. The molecular weight excluding hydrogens is 211 g/mol. The maximum atomic E-state index is 8.77. The molecule has 0 bridgehead atoms. The Morgan fingerprint density at radius 1 is 1.46 bits per heavy atom. The third-order valence-corrected chi connectivity index (χ3v) is 1.82. The number of hydrogen-bond acceptors (Lipinski definition) is 2. The van der Waals surface area contributed by atoms with Crippen molar-refractivity contribution in [3.05, 3.63) is 40.6 Å². The van der Waals surface area contributed by atoms with Crippen LogP contribution in [-0.2, 0) is 0 Å². The van der Waals surface area contributed by atoms with Crippen LogP contribution in [0.1, 0.15) is 0 Å². The van der Waals surface area contributed by atoms with E-state index in [-0.39, 0.29) is 12.4 Å². The second-order valence-electron chi connectivity index (χ2n) is 2.43. The molecule has 0 amide bonds. The Hall–Kier alpha value is -0.860. The van der Waals surface area contributed by atoms with E-state index in [4.69, 9.17) is 33.0 Å². The summed E-state index contributed by atoms with van der Waals surface area (Å²) in [7, 11) is 0. The predicted octanol–water partition coefficient (Wildman–Crippen LogP) is 3.44. The highest BCUT2D eigenvalue weighted by molar-refractivity contribution is 6.35. The zero-order chi connectivity index (χ0) is 9.84. The first kappa shape index (κ1) is 10.2. The van der Waals surface area contributed by atoms with Crippen LogP contribution in [0.2, 0.25) is 10.0 Å². The molecule has 0 spiro atoms. The summed E-state index contributed by atoms with van der Waals surface area (Å²) in [5.41, 5.74) is 0. The molecular formula is C9H8Cl2O2. The Morgan fingerprint density at radius 3 is 2.69 bits per heavy atom. The van der Waals surface area contributed by atoms with Gasteiger partial charge in [-0.3, -0.25) is 0 Å². The average Bonchev–Trinajstić information content (AvgIpc) is 2.02.